The normalized spacial score (nSPS) is 14.0. The summed E-state index contributed by atoms with van der Waals surface area (Å²) in [4.78, 5) is 35.4. The van der Waals surface area contributed by atoms with Crippen molar-refractivity contribution >= 4 is 19.8 Å². The molecular formula is C46H85NO8P+. The van der Waals surface area contributed by atoms with Gasteiger partial charge in [-0.2, -0.15) is 0 Å². The van der Waals surface area contributed by atoms with Crippen molar-refractivity contribution in [2.24, 2.45) is 0 Å². The number of hydrogen-bond acceptors (Lipinski definition) is 7. The fourth-order valence-corrected chi connectivity index (χ4v) is 6.52. The molecular weight excluding hydrogens is 725 g/mol. The van der Waals surface area contributed by atoms with Crippen LogP contribution in [-0.2, 0) is 32.7 Å². The summed E-state index contributed by atoms with van der Waals surface area (Å²) < 4.78 is 34.3. The molecule has 9 nitrogen and oxygen atoms in total. The second-order valence-corrected chi connectivity index (χ2v) is 17.5. The van der Waals surface area contributed by atoms with E-state index in [1.54, 1.807) is 0 Å². The molecule has 0 aliphatic carbocycles. The number of quaternary nitrogens is 1. The fourth-order valence-electron chi connectivity index (χ4n) is 5.78. The zero-order chi connectivity index (χ0) is 41.4. The SMILES string of the molecule is CCCCC/C=C\C/C=C\C/C=C\CCCCCCCCC(=O)OC(COC(=O)CCCCCCC/C=C\CCCCCC)COP(=O)(O)OCC[N+](C)(C)C. The lowest BCUT2D eigenvalue weighted by molar-refractivity contribution is -0.870. The number of allylic oxidation sites excluding steroid dienone is 8. The standard InChI is InChI=1S/C46H84NO8P/c1-6-8-10-12-14-16-18-20-21-22-23-24-25-27-29-31-33-35-37-39-46(49)55-44(43-54-56(50,51)53-41-40-47(3,4)5)42-52-45(48)38-36-34-32-30-28-26-19-17-15-13-11-9-7-2/h14,16-17,19-21,23-24,44H,6-13,15,18,22,25-43H2,1-5H3/p+1/b16-14-,19-17-,21-20-,24-23-. The van der Waals surface area contributed by atoms with Crippen molar-refractivity contribution in [3.63, 3.8) is 0 Å². The minimum atomic E-state index is -4.38. The average molecular weight is 811 g/mol. The Morgan fingerprint density at radius 2 is 0.964 bits per heavy atom. The van der Waals surface area contributed by atoms with Crippen LogP contribution in [0.4, 0.5) is 0 Å². The van der Waals surface area contributed by atoms with Gasteiger partial charge < -0.3 is 18.9 Å². The first-order valence-corrected chi connectivity index (χ1v) is 23.9. The van der Waals surface area contributed by atoms with E-state index in [1.165, 1.54) is 57.8 Å². The van der Waals surface area contributed by atoms with Gasteiger partial charge in [0.2, 0.25) is 0 Å². The van der Waals surface area contributed by atoms with Gasteiger partial charge in [0.25, 0.3) is 0 Å². The van der Waals surface area contributed by atoms with Crippen LogP contribution in [-0.4, -0.2) is 74.9 Å². The molecule has 0 aromatic rings. The van der Waals surface area contributed by atoms with Crippen molar-refractivity contribution in [2.45, 2.75) is 187 Å². The number of carbonyl (C=O) groups is 2. The quantitative estimate of drug-likeness (QED) is 0.0214. The molecule has 1 N–H and O–H groups in total. The zero-order valence-corrected chi connectivity index (χ0v) is 37.5. The molecule has 0 amide bonds. The van der Waals surface area contributed by atoms with E-state index in [1.807, 2.05) is 21.1 Å². The molecule has 2 atom stereocenters. The van der Waals surface area contributed by atoms with Crippen molar-refractivity contribution in [1.82, 2.24) is 0 Å². The molecule has 0 heterocycles. The number of ether oxygens (including phenoxy) is 2. The molecule has 0 aliphatic heterocycles. The molecule has 0 fully saturated rings. The first-order chi connectivity index (χ1) is 27.0. The number of likely N-dealkylation sites (N-methyl/N-ethyl adjacent to an activating group) is 1. The monoisotopic (exact) mass is 811 g/mol. The van der Waals surface area contributed by atoms with E-state index in [-0.39, 0.29) is 32.0 Å². The molecule has 0 saturated heterocycles. The fraction of sp³-hybridized carbons (Fsp3) is 0.783. The number of unbranched alkanes of at least 4 members (excludes halogenated alkanes) is 18. The number of nitrogens with zero attached hydrogens (tertiary/aromatic N) is 1. The summed E-state index contributed by atoms with van der Waals surface area (Å²) in [6, 6.07) is 0. The van der Waals surface area contributed by atoms with E-state index in [2.05, 4.69) is 62.5 Å². The van der Waals surface area contributed by atoms with Gasteiger partial charge in [0.05, 0.1) is 27.7 Å². The Labute approximate surface area is 343 Å². The van der Waals surface area contributed by atoms with Crippen molar-refractivity contribution in [2.75, 3.05) is 47.5 Å². The molecule has 0 aromatic carbocycles. The molecule has 0 bridgehead atoms. The summed E-state index contributed by atoms with van der Waals surface area (Å²) in [5.41, 5.74) is 0. The first kappa shape index (κ1) is 54.0. The smallest absolute Gasteiger partial charge is 0.462 e. The predicted octanol–water partition coefficient (Wildman–Crippen LogP) is 12.7. The molecule has 0 rings (SSSR count). The molecule has 0 spiro atoms. The van der Waals surface area contributed by atoms with Gasteiger partial charge in [-0.15, -0.1) is 0 Å². The van der Waals surface area contributed by atoms with Crippen LogP contribution in [0.5, 0.6) is 0 Å². The van der Waals surface area contributed by atoms with Crippen molar-refractivity contribution in [3.8, 4) is 0 Å². The lowest BCUT2D eigenvalue weighted by atomic mass is 10.1. The molecule has 0 radical (unpaired) electrons. The van der Waals surface area contributed by atoms with Gasteiger partial charge in [0.15, 0.2) is 6.10 Å². The number of phosphoric ester groups is 1. The Morgan fingerprint density at radius 1 is 0.554 bits per heavy atom. The van der Waals surface area contributed by atoms with Crippen LogP contribution in [0.25, 0.3) is 0 Å². The Hall–Kier alpha value is -2.03. The highest BCUT2D eigenvalue weighted by atomic mass is 31.2. The minimum absolute atomic E-state index is 0.0262. The van der Waals surface area contributed by atoms with Gasteiger partial charge in [0, 0.05) is 12.8 Å². The van der Waals surface area contributed by atoms with Gasteiger partial charge in [-0.3, -0.25) is 18.6 Å². The van der Waals surface area contributed by atoms with Gasteiger partial charge >= 0.3 is 19.8 Å². The highest BCUT2D eigenvalue weighted by Crippen LogP contribution is 2.43. The van der Waals surface area contributed by atoms with E-state index in [9.17, 15) is 19.0 Å². The highest BCUT2D eigenvalue weighted by molar-refractivity contribution is 7.47. The third-order valence-electron chi connectivity index (χ3n) is 9.33. The van der Waals surface area contributed by atoms with Gasteiger partial charge in [-0.05, 0) is 77.0 Å². The first-order valence-electron chi connectivity index (χ1n) is 22.4. The third kappa shape index (κ3) is 41.6. The summed E-state index contributed by atoms with van der Waals surface area (Å²) in [6.45, 7) is 4.35. The summed E-state index contributed by atoms with van der Waals surface area (Å²) >= 11 is 0. The maximum atomic E-state index is 12.7. The molecule has 2 unspecified atom stereocenters. The lowest BCUT2D eigenvalue weighted by Gasteiger charge is -2.24. The van der Waals surface area contributed by atoms with Crippen molar-refractivity contribution in [1.29, 1.82) is 0 Å². The predicted molar refractivity (Wildman–Crippen MR) is 233 cm³/mol. The maximum absolute atomic E-state index is 12.7. The van der Waals surface area contributed by atoms with E-state index < -0.39 is 26.5 Å². The Kier molecular flexibility index (Phi) is 37.1. The number of rotatable bonds is 40. The van der Waals surface area contributed by atoms with Crippen LogP contribution in [0.1, 0.15) is 181 Å². The number of hydrogen-bond donors (Lipinski definition) is 1. The lowest BCUT2D eigenvalue weighted by Crippen LogP contribution is -2.37. The molecule has 0 aliphatic rings. The summed E-state index contributed by atoms with van der Waals surface area (Å²) in [6.07, 6.45) is 44.4. The second kappa shape index (κ2) is 38.5. The molecule has 0 saturated carbocycles. The third-order valence-corrected chi connectivity index (χ3v) is 10.3. The zero-order valence-electron chi connectivity index (χ0n) is 36.6. The van der Waals surface area contributed by atoms with Gasteiger partial charge in [0.1, 0.15) is 19.8 Å². The maximum Gasteiger partial charge on any atom is 0.472 e. The van der Waals surface area contributed by atoms with E-state index in [0.29, 0.717) is 17.4 Å². The topological polar surface area (TPSA) is 108 Å². The Bertz CT molecular complexity index is 1100. The highest BCUT2D eigenvalue weighted by Gasteiger charge is 2.27. The van der Waals surface area contributed by atoms with Crippen LogP contribution < -0.4 is 0 Å². The Balaban J connectivity index is 4.38. The van der Waals surface area contributed by atoms with Gasteiger partial charge in [-0.1, -0.05) is 140 Å². The van der Waals surface area contributed by atoms with Crippen molar-refractivity contribution < 1.29 is 42.1 Å². The van der Waals surface area contributed by atoms with Crippen LogP contribution >= 0.6 is 7.82 Å². The van der Waals surface area contributed by atoms with Crippen LogP contribution in [0.2, 0.25) is 0 Å². The number of carbonyl (C=O) groups excluding carboxylic acids is 2. The largest absolute Gasteiger partial charge is 0.472 e. The van der Waals surface area contributed by atoms with E-state index in [4.69, 9.17) is 18.5 Å². The summed E-state index contributed by atoms with van der Waals surface area (Å²) in [5.74, 6) is -0.825. The minimum Gasteiger partial charge on any atom is -0.462 e. The summed E-state index contributed by atoms with van der Waals surface area (Å²) in [5, 5.41) is 0. The second-order valence-electron chi connectivity index (χ2n) is 16.1. The number of phosphoric acid groups is 1. The Morgan fingerprint density at radius 3 is 1.48 bits per heavy atom. The van der Waals surface area contributed by atoms with Crippen LogP contribution in [0.3, 0.4) is 0 Å². The van der Waals surface area contributed by atoms with Crippen LogP contribution in [0, 0.1) is 0 Å². The van der Waals surface area contributed by atoms with Crippen molar-refractivity contribution in [3.05, 3.63) is 48.6 Å². The summed E-state index contributed by atoms with van der Waals surface area (Å²) in [7, 11) is 1.46. The van der Waals surface area contributed by atoms with Gasteiger partial charge in [-0.25, -0.2) is 4.57 Å². The van der Waals surface area contributed by atoms with Crippen LogP contribution in [0.15, 0.2) is 48.6 Å². The molecule has 10 heteroatoms. The van der Waals surface area contributed by atoms with E-state index in [0.717, 1.165) is 89.9 Å². The molecule has 0 aromatic heterocycles. The number of esters is 2. The molecule has 326 valence electrons. The molecule has 56 heavy (non-hydrogen) atoms. The average Bonchev–Trinajstić information content (AvgIpc) is 3.15. The van der Waals surface area contributed by atoms with E-state index >= 15 is 0 Å².